The van der Waals surface area contributed by atoms with E-state index in [1.165, 1.54) is 0 Å². The first-order valence-electron chi connectivity index (χ1n) is 5.83. The van der Waals surface area contributed by atoms with Crippen LogP contribution in [0.15, 0.2) is 42.5 Å². The van der Waals surface area contributed by atoms with E-state index in [-0.39, 0.29) is 12.7 Å². The average molecular weight is 293 g/mol. The van der Waals surface area contributed by atoms with E-state index < -0.39 is 33.8 Å². The maximum Gasteiger partial charge on any atom is 0.341 e. The van der Waals surface area contributed by atoms with Gasteiger partial charge in [-0.15, -0.1) is 0 Å². The number of hydrogen-bond acceptors (Lipinski definition) is 4. The van der Waals surface area contributed by atoms with Gasteiger partial charge in [0.2, 0.25) is 5.82 Å². The third kappa shape index (κ3) is 3.38. The van der Waals surface area contributed by atoms with Crippen LogP contribution < -0.4 is 0 Å². The fraction of sp³-hybridized carbons (Fsp3) is 0.0714. The molecule has 0 heterocycles. The molecule has 0 fully saturated rings. The van der Waals surface area contributed by atoms with Crippen molar-refractivity contribution in [3.05, 3.63) is 75.3 Å². The molecule has 0 bridgehead atoms. The van der Waals surface area contributed by atoms with E-state index in [0.29, 0.717) is 11.6 Å². The second kappa shape index (κ2) is 6.08. The average Bonchev–Trinajstić information content (AvgIpc) is 2.45. The van der Waals surface area contributed by atoms with Gasteiger partial charge in [-0.05, 0) is 5.56 Å². The number of nitro benzene ring substituents is 1. The summed E-state index contributed by atoms with van der Waals surface area (Å²) in [6.07, 6.45) is 0. The summed E-state index contributed by atoms with van der Waals surface area (Å²) in [5.41, 5.74) is -0.995. The highest BCUT2D eigenvalue weighted by Gasteiger charge is 2.23. The van der Waals surface area contributed by atoms with Crippen LogP contribution in [0.5, 0.6) is 0 Å². The summed E-state index contributed by atoms with van der Waals surface area (Å²) in [6, 6.07) is 9.43. The smallest absolute Gasteiger partial charge is 0.341 e. The number of esters is 1. The Morgan fingerprint density at radius 1 is 1.14 bits per heavy atom. The van der Waals surface area contributed by atoms with Crippen molar-refractivity contribution in [2.45, 2.75) is 6.61 Å². The van der Waals surface area contributed by atoms with Crippen molar-refractivity contribution in [2.24, 2.45) is 0 Å². The van der Waals surface area contributed by atoms with Gasteiger partial charge in [0.25, 0.3) is 0 Å². The van der Waals surface area contributed by atoms with Crippen LogP contribution in [0.3, 0.4) is 0 Å². The first kappa shape index (κ1) is 14.6. The van der Waals surface area contributed by atoms with E-state index in [1.807, 2.05) is 0 Å². The van der Waals surface area contributed by atoms with E-state index >= 15 is 0 Å². The third-order valence-corrected chi connectivity index (χ3v) is 2.67. The number of carbonyl (C=O) groups is 1. The molecule has 0 N–H and O–H groups in total. The summed E-state index contributed by atoms with van der Waals surface area (Å²) >= 11 is 0. The van der Waals surface area contributed by atoms with E-state index in [4.69, 9.17) is 4.74 Å². The number of rotatable bonds is 4. The van der Waals surface area contributed by atoms with E-state index in [1.54, 1.807) is 30.3 Å². The van der Waals surface area contributed by atoms with Crippen LogP contribution in [-0.2, 0) is 11.3 Å². The molecule has 2 rings (SSSR count). The maximum absolute atomic E-state index is 13.5. The van der Waals surface area contributed by atoms with Crippen molar-refractivity contribution in [1.29, 1.82) is 0 Å². The predicted molar refractivity (Wildman–Crippen MR) is 68.6 cm³/mol. The molecule has 0 atom stereocenters. The predicted octanol–water partition coefficient (Wildman–Crippen LogP) is 3.23. The Bertz CT molecular complexity index is 689. The quantitative estimate of drug-likeness (QED) is 0.493. The normalized spacial score (nSPS) is 10.2. The minimum atomic E-state index is -1.35. The maximum atomic E-state index is 13.5. The summed E-state index contributed by atoms with van der Waals surface area (Å²) in [7, 11) is 0. The van der Waals surface area contributed by atoms with Gasteiger partial charge in [0, 0.05) is 12.1 Å². The molecule has 0 aromatic heterocycles. The molecule has 0 aliphatic heterocycles. The van der Waals surface area contributed by atoms with Crippen molar-refractivity contribution >= 4 is 11.7 Å². The topological polar surface area (TPSA) is 69.4 Å². The molecule has 0 unspecified atom stereocenters. The molecule has 0 radical (unpaired) electrons. The van der Waals surface area contributed by atoms with Crippen LogP contribution in [0.25, 0.3) is 0 Å². The summed E-state index contributed by atoms with van der Waals surface area (Å²) in [4.78, 5) is 21.3. The number of halogens is 2. The van der Waals surface area contributed by atoms with Crippen LogP contribution in [-0.4, -0.2) is 10.9 Å². The van der Waals surface area contributed by atoms with Crippen molar-refractivity contribution in [3.63, 3.8) is 0 Å². The molecule has 21 heavy (non-hydrogen) atoms. The highest BCUT2D eigenvalue weighted by molar-refractivity contribution is 5.90. The Morgan fingerprint density at radius 3 is 2.43 bits per heavy atom. The van der Waals surface area contributed by atoms with E-state index in [2.05, 4.69) is 0 Å². The monoisotopic (exact) mass is 293 g/mol. The van der Waals surface area contributed by atoms with E-state index in [9.17, 15) is 23.7 Å². The summed E-state index contributed by atoms with van der Waals surface area (Å²) in [5, 5.41) is 10.6. The number of nitrogens with zero attached hydrogens (tertiary/aromatic N) is 1. The van der Waals surface area contributed by atoms with Gasteiger partial charge in [-0.25, -0.2) is 9.18 Å². The van der Waals surface area contributed by atoms with Gasteiger partial charge in [0.15, 0.2) is 0 Å². The lowest BCUT2D eigenvalue weighted by atomic mass is 10.2. The van der Waals surface area contributed by atoms with Crippen LogP contribution >= 0.6 is 0 Å². The minimum absolute atomic E-state index is 0.121. The molecule has 0 aliphatic carbocycles. The fourth-order valence-electron chi connectivity index (χ4n) is 1.63. The molecule has 0 aliphatic rings. The summed E-state index contributed by atoms with van der Waals surface area (Å²) in [6.45, 7) is -0.121. The molecule has 2 aromatic carbocycles. The lowest BCUT2D eigenvalue weighted by Gasteiger charge is -2.06. The molecular formula is C14H9F2NO4. The van der Waals surface area contributed by atoms with Crippen molar-refractivity contribution in [3.8, 4) is 0 Å². The number of ether oxygens (including phenoxy) is 1. The second-order valence-electron chi connectivity index (χ2n) is 4.10. The molecule has 108 valence electrons. The highest BCUT2D eigenvalue weighted by atomic mass is 19.1. The molecule has 5 nitrogen and oxygen atoms in total. The molecule has 2 aromatic rings. The summed E-state index contributed by atoms with van der Waals surface area (Å²) < 4.78 is 31.5. The zero-order chi connectivity index (χ0) is 15.4. The third-order valence-electron chi connectivity index (χ3n) is 2.67. The fourth-order valence-corrected chi connectivity index (χ4v) is 1.63. The van der Waals surface area contributed by atoms with Crippen LogP contribution in [0, 0.1) is 21.7 Å². The Kier molecular flexibility index (Phi) is 4.22. The largest absolute Gasteiger partial charge is 0.457 e. The molecular weight excluding hydrogens is 284 g/mol. The summed E-state index contributed by atoms with van der Waals surface area (Å²) in [5.74, 6) is -3.66. The van der Waals surface area contributed by atoms with Gasteiger partial charge in [0.1, 0.15) is 18.0 Å². The molecule has 0 saturated heterocycles. The second-order valence-corrected chi connectivity index (χ2v) is 4.10. The lowest BCUT2D eigenvalue weighted by Crippen LogP contribution is -2.09. The van der Waals surface area contributed by atoms with Crippen LogP contribution in [0.1, 0.15) is 15.9 Å². The molecule has 0 saturated carbocycles. The lowest BCUT2D eigenvalue weighted by molar-refractivity contribution is -0.387. The van der Waals surface area contributed by atoms with Gasteiger partial charge in [0.05, 0.1) is 4.92 Å². The molecule has 0 amide bonds. The zero-order valence-electron chi connectivity index (χ0n) is 10.6. The van der Waals surface area contributed by atoms with Crippen molar-refractivity contribution < 1.29 is 23.2 Å². The zero-order valence-corrected chi connectivity index (χ0v) is 10.6. The molecule has 7 heteroatoms. The van der Waals surface area contributed by atoms with Gasteiger partial charge in [-0.2, -0.15) is 4.39 Å². The first-order valence-corrected chi connectivity index (χ1v) is 5.83. The Morgan fingerprint density at radius 2 is 1.81 bits per heavy atom. The van der Waals surface area contributed by atoms with Gasteiger partial charge in [-0.1, -0.05) is 30.3 Å². The SMILES string of the molecule is O=C(OCc1ccccc1)c1cc([N+](=O)[O-])c(F)cc1F. The van der Waals surface area contributed by atoms with Crippen LogP contribution in [0.2, 0.25) is 0 Å². The first-order chi connectivity index (χ1) is 9.99. The van der Waals surface area contributed by atoms with Gasteiger partial charge in [-0.3, -0.25) is 10.1 Å². The number of carbonyl (C=O) groups excluding carboxylic acids is 1. The van der Waals surface area contributed by atoms with Crippen molar-refractivity contribution in [2.75, 3.05) is 0 Å². The standard InChI is InChI=1S/C14H9F2NO4/c15-11-7-12(16)13(17(19)20)6-10(11)14(18)21-8-9-4-2-1-3-5-9/h1-7H,8H2. The Hall–Kier alpha value is -2.83. The molecule has 0 spiro atoms. The number of nitro groups is 1. The van der Waals surface area contributed by atoms with Gasteiger partial charge >= 0.3 is 11.7 Å². The minimum Gasteiger partial charge on any atom is -0.457 e. The highest BCUT2D eigenvalue weighted by Crippen LogP contribution is 2.22. The number of benzene rings is 2. The number of hydrogen-bond donors (Lipinski definition) is 0. The Balaban J connectivity index is 2.19. The van der Waals surface area contributed by atoms with E-state index in [0.717, 1.165) is 0 Å². The Labute approximate surface area is 117 Å². The van der Waals surface area contributed by atoms with Crippen molar-refractivity contribution in [1.82, 2.24) is 0 Å². The van der Waals surface area contributed by atoms with Crippen LogP contribution in [0.4, 0.5) is 14.5 Å². The van der Waals surface area contributed by atoms with Gasteiger partial charge < -0.3 is 4.74 Å².